The highest BCUT2D eigenvalue weighted by Crippen LogP contribution is 2.15. The van der Waals surface area contributed by atoms with Gasteiger partial charge in [0, 0.05) is 49.7 Å². The number of piperazine rings is 1. The van der Waals surface area contributed by atoms with E-state index in [0.29, 0.717) is 5.75 Å². The van der Waals surface area contributed by atoms with Crippen LogP contribution in [0, 0.1) is 0 Å². The summed E-state index contributed by atoms with van der Waals surface area (Å²) in [6.07, 6.45) is 1.79. The third kappa shape index (κ3) is 5.73. The maximum Gasteiger partial charge on any atom is 0.232 e. The molecule has 1 fully saturated rings. The van der Waals surface area contributed by atoms with Crippen molar-refractivity contribution in [2.75, 3.05) is 31.9 Å². The molecule has 1 aromatic carbocycles. The molecule has 0 atom stereocenters. The maximum atomic E-state index is 12.3. The van der Waals surface area contributed by atoms with Crippen LogP contribution in [0.5, 0.6) is 0 Å². The molecule has 132 valence electrons. The minimum atomic E-state index is 0.225. The number of rotatable bonds is 6. The van der Waals surface area contributed by atoms with Crippen molar-refractivity contribution in [2.24, 2.45) is 0 Å². The molecule has 1 aromatic heterocycles. The molecule has 0 unspecified atom stereocenters. The van der Waals surface area contributed by atoms with Crippen LogP contribution in [0.3, 0.4) is 0 Å². The lowest BCUT2D eigenvalue weighted by atomic mass is 10.2. The molecule has 3 rings (SSSR count). The number of aromatic nitrogens is 1. The van der Waals surface area contributed by atoms with E-state index < -0.39 is 0 Å². The van der Waals surface area contributed by atoms with Crippen molar-refractivity contribution in [3.8, 4) is 0 Å². The van der Waals surface area contributed by atoms with Gasteiger partial charge in [-0.15, -0.1) is 11.8 Å². The fraction of sp³-hybridized carbons (Fsp3) is 0.368. The molecular formula is C19H22ClN3OS. The Morgan fingerprint density at radius 1 is 1.12 bits per heavy atom. The normalized spacial score (nSPS) is 15.3. The lowest BCUT2D eigenvalue weighted by Crippen LogP contribution is -2.48. The van der Waals surface area contributed by atoms with Crippen molar-refractivity contribution < 1.29 is 4.79 Å². The van der Waals surface area contributed by atoms with E-state index in [-0.39, 0.29) is 5.91 Å². The smallest absolute Gasteiger partial charge is 0.232 e. The van der Waals surface area contributed by atoms with Gasteiger partial charge < -0.3 is 4.90 Å². The monoisotopic (exact) mass is 375 g/mol. The van der Waals surface area contributed by atoms with Crippen LogP contribution in [0.25, 0.3) is 0 Å². The van der Waals surface area contributed by atoms with Crippen molar-refractivity contribution in [1.29, 1.82) is 0 Å². The highest BCUT2D eigenvalue weighted by Gasteiger charge is 2.21. The van der Waals surface area contributed by atoms with Crippen LogP contribution < -0.4 is 0 Å². The third-order valence-electron chi connectivity index (χ3n) is 4.22. The number of pyridine rings is 1. The van der Waals surface area contributed by atoms with Gasteiger partial charge in [-0.2, -0.15) is 0 Å². The van der Waals surface area contributed by atoms with E-state index in [1.54, 1.807) is 18.0 Å². The number of benzene rings is 1. The highest BCUT2D eigenvalue weighted by molar-refractivity contribution is 7.99. The van der Waals surface area contributed by atoms with Crippen LogP contribution in [0.1, 0.15) is 11.3 Å². The van der Waals surface area contributed by atoms with Crippen LogP contribution in [-0.4, -0.2) is 52.6 Å². The van der Waals surface area contributed by atoms with Gasteiger partial charge in [-0.1, -0.05) is 29.8 Å². The molecule has 0 aliphatic carbocycles. The Hall–Kier alpha value is -1.56. The van der Waals surface area contributed by atoms with Crippen LogP contribution >= 0.6 is 23.4 Å². The molecular weight excluding hydrogens is 354 g/mol. The summed E-state index contributed by atoms with van der Waals surface area (Å²) in [5, 5.41) is 0.774. The first-order valence-corrected chi connectivity index (χ1v) is 9.96. The number of nitrogens with zero attached hydrogens (tertiary/aromatic N) is 3. The Morgan fingerprint density at radius 3 is 2.68 bits per heavy atom. The van der Waals surface area contributed by atoms with E-state index >= 15 is 0 Å². The van der Waals surface area contributed by atoms with Crippen molar-refractivity contribution in [3.63, 3.8) is 0 Å². The van der Waals surface area contributed by atoms with E-state index in [2.05, 4.69) is 16.0 Å². The van der Waals surface area contributed by atoms with Gasteiger partial charge in [-0.25, -0.2) is 0 Å². The van der Waals surface area contributed by atoms with Crippen molar-refractivity contribution in [2.45, 2.75) is 12.3 Å². The molecule has 2 aromatic rings. The lowest BCUT2D eigenvalue weighted by Gasteiger charge is -2.34. The van der Waals surface area contributed by atoms with Gasteiger partial charge in [0.25, 0.3) is 0 Å². The summed E-state index contributed by atoms with van der Waals surface area (Å²) in [5.74, 6) is 1.52. The van der Waals surface area contributed by atoms with Crippen molar-refractivity contribution in [3.05, 3.63) is 64.9 Å². The Balaban J connectivity index is 1.38. The number of carbonyl (C=O) groups is 1. The zero-order chi connectivity index (χ0) is 17.5. The fourth-order valence-corrected chi connectivity index (χ4v) is 3.92. The number of carbonyl (C=O) groups excluding carboxylic acids is 1. The van der Waals surface area contributed by atoms with E-state index in [1.807, 2.05) is 41.3 Å². The van der Waals surface area contributed by atoms with Gasteiger partial charge in [-0.05, 0) is 29.8 Å². The molecule has 6 heteroatoms. The second kappa shape index (κ2) is 9.22. The van der Waals surface area contributed by atoms with Crippen LogP contribution in [0.4, 0.5) is 0 Å². The van der Waals surface area contributed by atoms with Gasteiger partial charge in [0.2, 0.25) is 5.91 Å². The van der Waals surface area contributed by atoms with Gasteiger partial charge in [0.05, 0.1) is 11.4 Å². The Bertz CT molecular complexity index is 690. The molecule has 0 bridgehead atoms. The summed E-state index contributed by atoms with van der Waals surface area (Å²) in [6, 6.07) is 13.9. The summed E-state index contributed by atoms with van der Waals surface area (Å²) >= 11 is 7.67. The van der Waals surface area contributed by atoms with E-state index in [4.69, 9.17) is 11.6 Å². The minimum Gasteiger partial charge on any atom is -0.339 e. The average Bonchev–Trinajstić information content (AvgIpc) is 2.63. The zero-order valence-corrected chi connectivity index (χ0v) is 15.7. The largest absolute Gasteiger partial charge is 0.339 e. The van der Waals surface area contributed by atoms with Crippen LogP contribution in [-0.2, 0) is 17.1 Å². The molecule has 4 nitrogen and oxygen atoms in total. The Morgan fingerprint density at radius 2 is 1.96 bits per heavy atom. The van der Waals surface area contributed by atoms with Gasteiger partial charge in [0.15, 0.2) is 0 Å². The minimum absolute atomic E-state index is 0.225. The lowest BCUT2D eigenvalue weighted by molar-refractivity contribution is -0.130. The maximum absolute atomic E-state index is 12.3. The summed E-state index contributed by atoms with van der Waals surface area (Å²) in [4.78, 5) is 21.0. The quantitative estimate of drug-likeness (QED) is 0.776. The van der Waals surface area contributed by atoms with Crippen molar-refractivity contribution >= 4 is 29.3 Å². The van der Waals surface area contributed by atoms with E-state index in [9.17, 15) is 4.79 Å². The number of amides is 1. The van der Waals surface area contributed by atoms with Gasteiger partial charge >= 0.3 is 0 Å². The number of hydrogen-bond acceptors (Lipinski definition) is 4. The molecule has 0 N–H and O–H groups in total. The first kappa shape index (κ1) is 18.2. The first-order chi connectivity index (χ1) is 12.2. The molecule has 1 saturated heterocycles. The average molecular weight is 376 g/mol. The Labute approximate surface area is 158 Å². The second-order valence-electron chi connectivity index (χ2n) is 6.10. The zero-order valence-electron chi connectivity index (χ0n) is 14.1. The second-order valence-corrected chi connectivity index (χ2v) is 7.52. The highest BCUT2D eigenvalue weighted by atomic mass is 35.5. The van der Waals surface area contributed by atoms with Gasteiger partial charge in [-0.3, -0.25) is 14.7 Å². The fourth-order valence-electron chi connectivity index (χ4n) is 2.87. The van der Waals surface area contributed by atoms with E-state index in [0.717, 1.165) is 49.2 Å². The van der Waals surface area contributed by atoms with Crippen LogP contribution in [0.2, 0.25) is 5.02 Å². The van der Waals surface area contributed by atoms with Gasteiger partial charge in [0.1, 0.15) is 0 Å². The molecule has 0 spiro atoms. The predicted molar refractivity (Wildman–Crippen MR) is 104 cm³/mol. The van der Waals surface area contributed by atoms with E-state index in [1.165, 1.54) is 5.56 Å². The topological polar surface area (TPSA) is 36.4 Å². The first-order valence-electron chi connectivity index (χ1n) is 8.43. The summed E-state index contributed by atoms with van der Waals surface area (Å²) in [6.45, 7) is 4.29. The standard InChI is InChI=1S/C19H22ClN3OS/c20-17-5-3-4-16(12-17)13-22-8-10-23(11-9-22)19(24)15-25-14-18-6-1-2-7-21-18/h1-7,12H,8-11,13-15H2. The molecule has 25 heavy (non-hydrogen) atoms. The molecule has 0 radical (unpaired) electrons. The SMILES string of the molecule is O=C(CSCc1ccccn1)N1CCN(Cc2cccc(Cl)c2)CC1. The molecule has 1 aliphatic heterocycles. The molecule has 2 heterocycles. The predicted octanol–water partition coefficient (Wildman–Crippen LogP) is 3.31. The number of hydrogen-bond donors (Lipinski definition) is 0. The Kier molecular flexibility index (Phi) is 6.73. The number of halogens is 1. The molecule has 0 saturated carbocycles. The molecule has 1 aliphatic rings. The summed E-state index contributed by atoms with van der Waals surface area (Å²) in [5.41, 5.74) is 2.24. The third-order valence-corrected chi connectivity index (χ3v) is 5.41. The summed E-state index contributed by atoms with van der Waals surface area (Å²) < 4.78 is 0. The van der Waals surface area contributed by atoms with Crippen LogP contribution in [0.15, 0.2) is 48.7 Å². The number of thioether (sulfide) groups is 1. The van der Waals surface area contributed by atoms with Crippen molar-refractivity contribution in [1.82, 2.24) is 14.8 Å². The molecule has 1 amide bonds. The summed E-state index contributed by atoms with van der Waals surface area (Å²) in [7, 11) is 0.